The van der Waals surface area contributed by atoms with Crippen LogP contribution in [0.1, 0.15) is 19.4 Å². The van der Waals surface area contributed by atoms with Crippen molar-refractivity contribution in [3.63, 3.8) is 0 Å². The molecule has 3 N–H and O–H groups in total. The summed E-state index contributed by atoms with van der Waals surface area (Å²) >= 11 is 3.30. The smallest absolute Gasteiger partial charge is 0.237 e. The van der Waals surface area contributed by atoms with Gasteiger partial charge in [-0.2, -0.15) is 0 Å². The number of halogens is 2. The maximum Gasteiger partial charge on any atom is 0.237 e. The Balaban J connectivity index is 2.61. The summed E-state index contributed by atoms with van der Waals surface area (Å²) in [5, 5.41) is 2.69. The monoisotopic (exact) mass is 302 g/mol. The Hall–Kier alpha value is -0.940. The molecule has 0 aliphatic heterocycles. The van der Waals surface area contributed by atoms with Crippen molar-refractivity contribution in [1.82, 2.24) is 5.32 Å². The predicted molar refractivity (Wildman–Crippen MR) is 68.8 cm³/mol. The average Bonchev–Trinajstić information content (AvgIpc) is 2.28. The number of carbonyl (C=O) groups is 1. The number of rotatable bonds is 4. The number of amides is 1. The van der Waals surface area contributed by atoms with Gasteiger partial charge in [-0.1, -0.05) is 29.8 Å². The lowest BCUT2D eigenvalue weighted by atomic mass is 10.0. The molecular weight excluding hydrogens is 287 g/mol. The second-order valence-corrected chi connectivity index (χ2v) is 5.08. The van der Waals surface area contributed by atoms with Gasteiger partial charge in [0.2, 0.25) is 5.91 Å². The highest BCUT2D eigenvalue weighted by Gasteiger charge is 2.16. The summed E-state index contributed by atoms with van der Waals surface area (Å²) in [7, 11) is 0. The van der Waals surface area contributed by atoms with Gasteiger partial charge in [0.1, 0.15) is 5.82 Å². The van der Waals surface area contributed by atoms with Gasteiger partial charge in [-0.25, -0.2) is 4.39 Å². The summed E-state index contributed by atoms with van der Waals surface area (Å²) in [6.07, 6.45) is 0. The number of nitrogens with one attached hydrogen (secondary N) is 1. The van der Waals surface area contributed by atoms with Crippen molar-refractivity contribution in [2.45, 2.75) is 26.4 Å². The minimum absolute atomic E-state index is 0.0750. The van der Waals surface area contributed by atoms with E-state index in [4.69, 9.17) is 5.73 Å². The van der Waals surface area contributed by atoms with E-state index in [1.165, 1.54) is 12.1 Å². The molecule has 1 rings (SSSR count). The van der Waals surface area contributed by atoms with E-state index in [2.05, 4.69) is 21.2 Å². The van der Waals surface area contributed by atoms with Crippen LogP contribution in [0.15, 0.2) is 22.7 Å². The third kappa shape index (κ3) is 4.09. The number of hydrogen-bond donors (Lipinski definition) is 2. The second kappa shape index (κ2) is 6.12. The first-order chi connectivity index (χ1) is 7.91. The lowest BCUT2D eigenvalue weighted by Gasteiger charge is -2.15. The Bertz CT molecular complexity index is 409. The molecule has 0 aliphatic rings. The predicted octanol–water partition coefficient (Wildman–Crippen LogP) is 2.19. The molecule has 0 bridgehead atoms. The molecule has 0 heterocycles. The Morgan fingerprint density at radius 3 is 2.76 bits per heavy atom. The molecule has 0 saturated heterocycles. The van der Waals surface area contributed by atoms with Gasteiger partial charge in [0.15, 0.2) is 0 Å². The van der Waals surface area contributed by atoms with Crippen molar-refractivity contribution in [2.75, 3.05) is 0 Å². The third-order valence-electron chi connectivity index (χ3n) is 2.48. The van der Waals surface area contributed by atoms with Crippen molar-refractivity contribution < 1.29 is 9.18 Å². The van der Waals surface area contributed by atoms with Crippen LogP contribution in [0.2, 0.25) is 0 Å². The van der Waals surface area contributed by atoms with Crippen LogP contribution in [0.4, 0.5) is 4.39 Å². The van der Waals surface area contributed by atoms with E-state index >= 15 is 0 Å². The van der Waals surface area contributed by atoms with Crippen LogP contribution in [0, 0.1) is 11.7 Å². The average molecular weight is 303 g/mol. The molecular formula is C12H16BrFN2O. The first-order valence-electron chi connectivity index (χ1n) is 5.39. The molecule has 0 aromatic heterocycles. The summed E-state index contributed by atoms with van der Waals surface area (Å²) in [4.78, 5) is 11.6. The van der Waals surface area contributed by atoms with E-state index in [0.717, 1.165) is 4.47 Å². The quantitative estimate of drug-likeness (QED) is 0.896. The number of benzene rings is 1. The molecule has 94 valence electrons. The van der Waals surface area contributed by atoms with E-state index in [1.54, 1.807) is 6.07 Å². The Labute approximate surface area is 109 Å². The zero-order valence-electron chi connectivity index (χ0n) is 9.84. The minimum atomic E-state index is -0.540. The number of carbonyl (C=O) groups excluding carboxylic acids is 1. The van der Waals surface area contributed by atoms with Gasteiger partial charge in [0, 0.05) is 11.0 Å². The van der Waals surface area contributed by atoms with E-state index in [-0.39, 0.29) is 24.2 Å². The highest BCUT2D eigenvalue weighted by molar-refractivity contribution is 9.10. The minimum Gasteiger partial charge on any atom is -0.351 e. The fourth-order valence-electron chi connectivity index (χ4n) is 1.28. The standard InChI is InChI=1S/C12H16BrFN2O/c1-7(2)11(15)12(17)16-6-8-5-9(14)3-4-10(8)13/h3-5,7,11H,6,15H2,1-2H3,(H,16,17)/t11-/m0/s1. The van der Waals surface area contributed by atoms with E-state index in [1.807, 2.05) is 13.8 Å². The van der Waals surface area contributed by atoms with Gasteiger partial charge in [-0.15, -0.1) is 0 Å². The maximum atomic E-state index is 13.0. The van der Waals surface area contributed by atoms with Crippen molar-refractivity contribution in [2.24, 2.45) is 11.7 Å². The number of nitrogens with two attached hydrogens (primary N) is 1. The SMILES string of the molecule is CC(C)[C@H](N)C(=O)NCc1cc(F)ccc1Br. The summed E-state index contributed by atoms with van der Waals surface area (Å²) < 4.78 is 13.8. The van der Waals surface area contributed by atoms with Crippen LogP contribution in [0.5, 0.6) is 0 Å². The molecule has 1 amide bonds. The summed E-state index contributed by atoms with van der Waals surface area (Å²) in [6.45, 7) is 4.02. The fraction of sp³-hybridized carbons (Fsp3) is 0.417. The number of hydrogen-bond acceptors (Lipinski definition) is 2. The van der Waals surface area contributed by atoms with Gasteiger partial charge in [-0.3, -0.25) is 4.79 Å². The molecule has 0 radical (unpaired) electrons. The molecule has 1 atom stereocenters. The molecule has 0 saturated carbocycles. The van der Waals surface area contributed by atoms with Crippen LogP contribution in [0.25, 0.3) is 0 Å². The van der Waals surface area contributed by atoms with Crippen LogP contribution in [0.3, 0.4) is 0 Å². The van der Waals surface area contributed by atoms with Crippen LogP contribution in [-0.2, 0) is 11.3 Å². The Morgan fingerprint density at radius 2 is 2.18 bits per heavy atom. The summed E-state index contributed by atoms with van der Waals surface area (Å²) in [5.74, 6) is -0.479. The normalized spacial score (nSPS) is 12.6. The lowest BCUT2D eigenvalue weighted by molar-refractivity contribution is -0.123. The highest BCUT2D eigenvalue weighted by atomic mass is 79.9. The summed E-state index contributed by atoms with van der Waals surface area (Å²) in [5.41, 5.74) is 6.38. The maximum absolute atomic E-state index is 13.0. The molecule has 17 heavy (non-hydrogen) atoms. The molecule has 3 nitrogen and oxygen atoms in total. The fourth-order valence-corrected chi connectivity index (χ4v) is 1.67. The molecule has 0 unspecified atom stereocenters. The molecule has 0 fully saturated rings. The molecule has 5 heteroatoms. The zero-order chi connectivity index (χ0) is 13.0. The Morgan fingerprint density at radius 1 is 1.53 bits per heavy atom. The molecule has 1 aromatic carbocycles. The van der Waals surface area contributed by atoms with E-state index in [0.29, 0.717) is 5.56 Å². The van der Waals surface area contributed by atoms with Gasteiger partial charge in [0.05, 0.1) is 6.04 Å². The topological polar surface area (TPSA) is 55.1 Å². The van der Waals surface area contributed by atoms with Gasteiger partial charge in [0.25, 0.3) is 0 Å². The largest absolute Gasteiger partial charge is 0.351 e. The van der Waals surface area contributed by atoms with Crippen molar-refractivity contribution in [3.8, 4) is 0 Å². The zero-order valence-corrected chi connectivity index (χ0v) is 11.4. The van der Waals surface area contributed by atoms with Gasteiger partial charge in [-0.05, 0) is 29.7 Å². The van der Waals surface area contributed by atoms with Gasteiger partial charge >= 0.3 is 0 Å². The second-order valence-electron chi connectivity index (χ2n) is 4.22. The summed E-state index contributed by atoms with van der Waals surface area (Å²) in [6, 6.07) is 3.81. The van der Waals surface area contributed by atoms with Crippen molar-refractivity contribution in [1.29, 1.82) is 0 Å². The molecule has 1 aromatic rings. The molecule has 0 aliphatic carbocycles. The van der Waals surface area contributed by atoms with Gasteiger partial charge < -0.3 is 11.1 Å². The molecule has 0 spiro atoms. The van der Waals surface area contributed by atoms with E-state index < -0.39 is 6.04 Å². The Kier molecular flexibility index (Phi) is 5.08. The van der Waals surface area contributed by atoms with Crippen LogP contribution < -0.4 is 11.1 Å². The lowest BCUT2D eigenvalue weighted by Crippen LogP contribution is -2.43. The van der Waals surface area contributed by atoms with Crippen molar-refractivity contribution in [3.05, 3.63) is 34.1 Å². The van der Waals surface area contributed by atoms with Crippen LogP contribution in [-0.4, -0.2) is 11.9 Å². The third-order valence-corrected chi connectivity index (χ3v) is 3.26. The first-order valence-corrected chi connectivity index (χ1v) is 6.18. The van der Waals surface area contributed by atoms with Crippen LogP contribution >= 0.6 is 15.9 Å². The first kappa shape index (κ1) is 14.1. The highest BCUT2D eigenvalue weighted by Crippen LogP contribution is 2.17. The van der Waals surface area contributed by atoms with E-state index in [9.17, 15) is 9.18 Å². The van der Waals surface area contributed by atoms with Crippen molar-refractivity contribution >= 4 is 21.8 Å².